The Morgan fingerprint density at radius 2 is 1.92 bits per heavy atom. The van der Waals surface area contributed by atoms with Crippen LogP contribution >= 0.6 is 0 Å². The Kier molecular flexibility index (Phi) is 5.35. The van der Waals surface area contributed by atoms with Crippen molar-refractivity contribution in [3.05, 3.63) is 53.9 Å². The van der Waals surface area contributed by atoms with Crippen molar-refractivity contribution in [2.24, 2.45) is 7.05 Å². The first-order valence-electron chi connectivity index (χ1n) is 6.93. The molecule has 0 aliphatic carbocycles. The lowest BCUT2D eigenvalue weighted by molar-refractivity contribution is 0.0909. The van der Waals surface area contributed by atoms with Gasteiger partial charge in [0.25, 0.3) is 5.91 Å². The molecule has 2 N–H and O–H groups in total. The number of nitrogens with zero attached hydrogens (tertiary/aromatic N) is 1. The highest BCUT2D eigenvalue weighted by molar-refractivity contribution is 7.91. The molecule has 0 unspecified atom stereocenters. The number of halogens is 2. The number of amides is 1. The zero-order valence-corrected chi connectivity index (χ0v) is 13.5. The topological polar surface area (TPSA) is 88.4 Å². The second-order valence-electron chi connectivity index (χ2n) is 5.07. The lowest BCUT2D eigenvalue weighted by Gasteiger charge is -2.14. The van der Waals surface area contributed by atoms with Crippen LogP contribution in [-0.2, 0) is 16.9 Å². The summed E-state index contributed by atoms with van der Waals surface area (Å²) < 4.78 is 50.4. The number of alkyl halides is 2. The number of aliphatic hydroxyl groups excluding tert-OH is 1. The van der Waals surface area contributed by atoms with Gasteiger partial charge in [-0.3, -0.25) is 4.79 Å². The van der Waals surface area contributed by atoms with E-state index in [9.17, 15) is 27.1 Å². The largest absolute Gasteiger partial charge is 0.385 e. The molecule has 9 heteroatoms. The van der Waals surface area contributed by atoms with Crippen LogP contribution in [0.4, 0.5) is 8.78 Å². The lowest BCUT2D eigenvalue weighted by Crippen LogP contribution is -2.30. The van der Waals surface area contributed by atoms with E-state index in [1.54, 1.807) is 29.9 Å². The predicted molar refractivity (Wildman–Crippen MR) is 82.3 cm³/mol. The zero-order valence-electron chi connectivity index (χ0n) is 12.7. The van der Waals surface area contributed by atoms with Crippen molar-refractivity contribution in [3.8, 4) is 0 Å². The number of rotatable bonds is 6. The van der Waals surface area contributed by atoms with Gasteiger partial charge in [-0.2, -0.15) is 8.78 Å². The van der Waals surface area contributed by atoms with Gasteiger partial charge in [-0.15, -0.1) is 0 Å². The molecule has 0 aliphatic rings. The van der Waals surface area contributed by atoms with Gasteiger partial charge in [0.05, 0.1) is 10.5 Å². The van der Waals surface area contributed by atoms with Gasteiger partial charge in [-0.1, -0.05) is 12.1 Å². The van der Waals surface area contributed by atoms with Crippen molar-refractivity contribution in [2.45, 2.75) is 16.8 Å². The second kappa shape index (κ2) is 7.10. The van der Waals surface area contributed by atoms with Crippen LogP contribution < -0.4 is 5.32 Å². The van der Waals surface area contributed by atoms with E-state index >= 15 is 0 Å². The quantitative estimate of drug-likeness (QED) is 0.819. The van der Waals surface area contributed by atoms with E-state index < -0.39 is 38.1 Å². The lowest BCUT2D eigenvalue weighted by atomic mass is 10.2. The van der Waals surface area contributed by atoms with Gasteiger partial charge in [0.1, 0.15) is 6.10 Å². The van der Waals surface area contributed by atoms with Crippen LogP contribution in [0.15, 0.2) is 47.5 Å². The maximum atomic E-state index is 12.7. The number of sulfone groups is 1. The van der Waals surface area contributed by atoms with Gasteiger partial charge >= 0.3 is 5.76 Å². The van der Waals surface area contributed by atoms with Crippen molar-refractivity contribution in [1.82, 2.24) is 9.88 Å². The number of hydrogen-bond donors (Lipinski definition) is 2. The van der Waals surface area contributed by atoms with E-state index in [2.05, 4.69) is 5.32 Å². The normalized spacial score (nSPS) is 13.0. The third-order valence-electron chi connectivity index (χ3n) is 3.45. The Morgan fingerprint density at radius 3 is 2.50 bits per heavy atom. The van der Waals surface area contributed by atoms with Crippen LogP contribution in [0.5, 0.6) is 0 Å². The summed E-state index contributed by atoms with van der Waals surface area (Å²) in [6.07, 6.45) is 0.693. The average Bonchev–Trinajstić information content (AvgIpc) is 2.98. The molecule has 6 nitrogen and oxygen atoms in total. The number of benzene rings is 1. The van der Waals surface area contributed by atoms with Crippen molar-refractivity contribution in [1.29, 1.82) is 0 Å². The molecule has 1 aromatic heterocycles. The van der Waals surface area contributed by atoms with E-state index in [1.807, 2.05) is 0 Å². The van der Waals surface area contributed by atoms with E-state index in [0.717, 1.165) is 12.1 Å². The molecule has 0 bridgehead atoms. The van der Waals surface area contributed by atoms with Crippen LogP contribution in [0.3, 0.4) is 0 Å². The highest BCUT2D eigenvalue weighted by Crippen LogP contribution is 2.22. The van der Waals surface area contributed by atoms with E-state index in [4.69, 9.17) is 0 Å². The zero-order chi connectivity index (χ0) is 17.9. The minimum absolute atomic E-state index is 0.195. The first-order valence-corrected chi connectivity index (χ1v) is 8.48. The molecular formula is C15H16F2N2O4S. The minimum Gasteiger partial charge on any atom is -0.385 e. The molecule has 0 aliphatic heterocycles. The molecule has 0 radical (unpaired) electrons. The van der Waals surface area contributed by atoms with Gasteiger partial charge in [0.2, 0.25) is 9.84 Å². The average molecular weight is 358 g/mol. The maximum absolute atomic E-state index is 12.7. The third kappa shape index (κ3) is 3.62. The highest BCUT2D eigenvalue weighted by atomic mass is 32.2. The third-order valence-corrected chi connectivity index (χ3v) is 4.89. The molecule has 2 aromatic rings. The van der Waals surface area contributed by atoms with Crippen molar-refractivity contribution in [3.63, 3.8) is 0 Å². The SMILES string of the molecule is Cn1cccc1[C@@H](O)CNC(=O)c1ccccc1S(=O)(=O)C(F)F. The molecule has 2 rings (SSSR count). The van der Waals surface area contributed by atoms with Crippen molar-refractivity contribution in [2.75, 3.05) is 6.54 Å². The fourth-order valence-electron chi connectivity index (χ4n) is 2.21. The van der Waals surface area contributed by atoms with E-state index in [0.29, 0.717) is 5.69 Å². The Balaban J connectivity index is 2.18. The molecule has 1 heterocycles. The molecule has 0 saturated heterocycles. The van der Waals surface area contributed by atoms with Crippen molar-refractivity contribution < 1.29 is 27.1 Å². The monoisotopic (exact) mass is 358 g/mol. The van der Waals surface area contributed by atoms with Gasteiger partial charge in [0, 0.05) is 25.5 Å². The minimum atomic E-state index is -4.90. The van der Waals surface area contributed by atoms with Gasteiger partial charge < -0.3 is 15.0 Å². The maximum Gasteiger partial charge on any atom is 0.341 e. The Morgan fingerprint density at radius 1 is 1.25 bits per heavy atom. The first-order chi connectivity index (χ1) is 11.2. The molecular weight excluding hydrogens is 342 g/mol. The first kappa shape index (κ1) is 18.1. The summed E-state index contributed by atoms with van der Waals surface area (Å²) in [4.78, 5) is 11.4. The van der Waals surface area contributed by atoms with E-state index in [1.165, 1.54) is 12.1 Å². The number of aromatic nitrogens is 1. The number of carbonyl (C=O) groups is 1. The molecule has 0 saturated carbocycles. The molecule has 1 amide bonds. The summed E-state index contributed by atoms with van der Waals surface area (Å²) in [6, 6.07) is 8.08. The fourth-order valence-corrected chi connectivity index (χ4v) is 3.14. The van der Waals surface area contributed by atoms with Gasteiger partial charge in [-0.25, -0.2) is 8.42 Å². The summed E-state index contributed by atoms with van der Waals surface area (Å²) in [5.41, 5.74) is 0.153. The summed E-state index contributed by atoms with van der Waals surface area (Å²) in [5, 5.41) is 12.4. The van der Waals surface area contributed by atoms with E-state index in [-0.39, 0.29) is 6.54 Å². The summed E-state index contributed by atoms with van der Waals surface area (Å²) in [7, 11) is -3.19. The van der Waals surface area contributed by atoms with Gasteiger partial charge in [0.15, 0.2) is 0 Å². The summed E-state index contributed by atoms with van der Waals surface area (Å²) >= 11 is 0. The van der Waals surface area contributed by atoms with Crippen molar-refractivity contribution >= 4 is 15.7 Å². The molecule has 0 spiro atoms. The van der Waals surface area contributed by atoms with Gasteiger partial charge in [-0.05, 0) is 24.3 Å². The number of aryl methyl sites for hydroxylation is 1. The fraction of sp³-hybridized carbons (Fsp3) is 0.267. The predicted octanol–water partition coefficient (Wildman–Crippen LogP) is 1.48. The number of carbonyl (C=O) groups excluding carboxylic acids is 1. The van der Waals surface area contributed by atoms with Crippen LogP contribution in [0.1, 0.15) is 22.2 Å². The number of nitrogens with one attached hydrogen (secondary N) is 1. The number of hydrogen-bond acceptors (Lipinski definition) is 4. The van der Waals surface area contributed by atoms with Crippen LogP contribution in [0.2, 0.25) is 0 Å². The summed E-state index contributed by atoms with van der Waals surface area (Å²) in [5.74, 6) is -4.48. The highest BCUT2D eigenvalue weighted by Gasteiger charge is 2.30. The Bertz CT molecular complexity index is 834. The van der Waals surface area contributed by atoms with Crippen LogP contribution in [0, 0.1) is 0 Å². The number of aliphatic hydroxyl groups is 1. The standard InChI is InChI=1S/C15H16F2N2O4S/c1-19-8-4-6-11(19)12(20)9-18-14(21)10-5-2-3-7-13(10)24(22,23)15(16)17/h2-8,12,15,20H,9H2,1H3,(H,18,21)/t12-/m0/s1. The molecule has 24 heavy (non-hydrogen) atoms. The Labute approximate surface area is 137 Å². The smallest absolute Gasteiger partial charge is 0.341 e. The molecule has 0 fully saturated rings. The second-order valence-corrected chi connectivity index (χ2v) is 6.96. The van der Waals surface area contributed by atoms with Crippen LogP contribution in [-0.4, -0.2) is 36.3 Å². The molecule has 1 atom stereocenters. The van der Waals surface area contributed by atoms with Crippen LogP contribution in [0.25, 0.3) is 0 Å². The molecule has 130 valence electrons. The Hall–Kier alpha value is -2.26. The summed E-state index contributed by atoms with van der Waals surface area (Å²) in [6.45, 7) is -0.195. The molecule has 1 aromatic carbocycles.